The van der Waals surface area contributed by atoms with Crippen molar-refractivity contribution in [2.24, 2.45) is 11.1 Å². The van der Waals surface area contributed by atoms with Crippen LogP contribution in [-0.2, 0) is 59.4 Å². The number of fused-ring (bicyclic) bond motifs is 1. The first kappa shape index (κ1) is 63.7. The highest BCUT2D eigenvalue weighted by molar-refractivity contribution is 7.13. The van der Waals surface area contributed by atoms with Crippen LogP contribution in [0.2, 0.25) is 0 Å². The fourth-order valence-electron chi connectivity index (χ4n) is 11.6. The second kappa shape index (κ2) is 27.4. The number of nitrogens with zero attached hydrogens (tertiary/aromatic N) is 3. The molecule has 1 saturated heterocycles. The number of nitrogens with one attached hydrogen (secondary N) is 5. The number of likely N-dealkylation sites (tertiary alicyclic amines) is 1. The highest BCUT2D eigenvalue weighted by Crippen LogP contribution is 2.40. The van der Waals surface area contributed by atoms with Gasteiger partial charge in [0.05, 0.1) is 58.2 Å². The van der Waals surface area contributed by atoms with Gasteiger partial charge in [0.2, 0.25) is 35.4 Å². The quantitative estimate of drug-likeness (QED) is 0.0295. The Morgan fingerprint density at radius 1 is 0.872 bits per heavy atom. The van der Waals surface area contributed by atoms with E-state index in [0.29, 0.717) is 42.3 Å². The number of carboxylic acids is 1. The number of para-hydroxylation sites is 1. The predicted octanol–water partition coefficient (Wildman–Crippen LogP) is 6.90. The molecule has 5 heterocycles. The van der Waals surface area contributed by atoms with Gasteiger partial charge in [-0.05, 0) is 122 Å². The summed E-state index contributed by atoms with van der Waals surface area (Å²) in [5.74, 6) is -4.20. The third kappa shape index (κ3) is 14.8. The van der Waals surface area contributed by atoms with E-state index in [1.165, 1.54) is 28.0 Å². The van der Waals surface area contributed by atoms with E-state index in [1.54, 1.807) is 24.3 Å². The van der Waals surface area contributed by atoms with Crippen molar-refractivity contribution in [3.63, 3.8) is 0 Å². The van der Waals surface area contributed by atoms with Crippen LogP contribution in [-0.4, -0.2) is 121 Å². The molecule has 21 nitrogen and oxygen atoms in total. The number of aliphatic hydroxyl groups excluding tert-OH is 1. The lowest BCUT2D eigenvalue weighted by Gasteiger charge is -2.35. The van der Waals surface area contributed by atoms with Gasteiger partial charge < -0.3 is 58.0 Å². The fraction of sp³-hybridized carbons (Fsp3) is 0.422. The monoisotopic (exact) mass is 1190 g/mol. The summed E-state index contributed by atoms with van der Waals surface area (Å²) in [5.41, 5.74) is 14.6. The molecule has 3 aliphatic rings. The van der Waals surface area contributed by atoms with Gasteiger partial charge in [0.25, 0.3) is 5.91 Å². The molecule has 8 atom stereocenters. The number of aromatic nitrogens is 2. The molecule has 0 aliphatic carbocycles. The van der Waals surface area contributed by atoms with E-state index >= 15 is 0 Å². The summed E-state index contributed by atoms with van der Waals surface area (Å²) in [5, 5.41) is 32.6. The van der Waals surface area contributed by atoms with Gasteiger partial charge in [-0.25, -0.2) is 9.78 Å². The number of primary amides is 1. The van der Waals surface area contributed by atoms with Gasteiger partial charge in [-0.1, -0.05) is 87.5 Å². The Labute approximate surface area is 503 Å². The van der Waals surface area contributed by atoms with Crippen molar-refractivity contribution in [1.29, 1.82) is 0 Å². The molecular weight excluding hydrogens is 1120 g/mol. The molecule has 7 amide bonds. The summed E-state index contributed by atoms with van der Waals surface area (Å²) < 4.78 is 6.32. The van der Waals surface area contributed by atoms with Crippen LogP contribution >= 0.6 is 11.3 Å². The van der Waals surface area contributed by atoms with Crippen molar-refractivity contribution >= 4 is 75.2 Å². The standard InChI is InChI=1S/C64H75N9O11S.H3N/c1-35(40-18-20-42(21-19-40)56-36(2)66-34-85-56)67-59(78)51-31-46(74)32-72(51)62(81)57(64(4,5)6)71-54(76)13-8-7-10-38-14-16-39(17-15-38)33-84-37(3)47(26-27-53(65)75)69-60(79)52-30-43-12-9-11-41-22-25-49(61(80)73(52)55(41)43)70-58(77)50-29-45-28-44(63(82)83)23-24-48(45)68-50;/h9,11-12,14-21,23-24,28-29,34-35,37,46-47,49,51-52,57,68,74H,7-8,10,13,22,25-27,30-33H2,1-6H3,(H2,65,75)(H,67,78)(H,69,79)(H,70,77)(H,71,76)(H,82,83);1H3/t35-,37+,46+,47-,49-,51-,52-,57+;/m0./s1. The first-order chi connectivity index (χ1) is 40.5. The molecule has 3 aliphatic heterocycles. The minimum Gasteiger partial charge on any atom is -0.478 e. The molecule has 2 aromatic heterocycles. The summed E-state index contributed by atoms with van der Waals surface area (Å²) in [6.07, 6.45) is 1.80. The number of β-amino-alcohol motifs (C(OH)–C–C–N with tert-alkyl or cyclic N) is 1. The topological polar surface area (TPSA) is 331 Å². The summed E-state index contributed by atoms with van der Waals surface area (Å²) in [6, 6.07) is 22.6. The van der Waals surface area contributed by atoms with Crippen molar-refractivity contribution in [2.75, 3.05) is 11.4 Å². The van der Waals surface area contributed by atoms with Crippen LogP contribution in [0.4, 0.5) is 5.69 Å². The first-order valence-corrected chi connectivity index (χ1v) is 29.9. The number of aliphatic hydroxyl groups is 1. The first-order valence-electron chi connectivity index (χ1n) is 29.0. The molecule has 6 aromatic rings. The average molecular weight is 1200 g/mol. The van der Waals surface area contributed by atoms with Crippen molar-refractivity contribution in [2.45, 2.75) is 161 Å². The number of aryl methyl sites for hydroxylation is 3. The van der Waals surface area contributed by atoms with E-state index in [1.807, 2.05) is 107 Å². The molecule has 456 valence electrons. The molecule has 0 saturated carbocycles. The van der Waals surface area contributed by atoms with E-state index < -0.39 is 83.3 Å². The second-order valence-corrected chi connectivity index (χ2v) is 24.6. The van der Waals surface area contributed by atoms with E-state index in [0.717, 1.165) is 44.0 Å². The van der Waals surface area contributed by atoms with Gasteiger partial charge >= 0.3 is 5.97 Å². The fourth-order valence-corrected chi connectivity index (χ4v) is 12.4. The number of carboxylic acid groups (broad SMARTS) is 1. The smallest absolute Gasteiger partial charge is 0.335 e. The third-order valence-corrected chi connectivity index (χ3v) is 17.4. The molecule has 0 bridgehead atoms. The molecule has 86 heavy (non-hydrogen) atoms. The lowest BCUT2D eigenvalue weighted by atomic mass is 9.85. The number of hydrogen-bond acceptors (Lipinski definition) is 13. The molecule has 9 rings (SSSR count). The lowest BCUT2D eigenvalue weighted by Crippen LogP contribution is -2.57. The molecule has 0 radical (unpaired) electrons. The van der Waals surface area contributed by atoms with Crippen LogP contribution in [0.25, 0.3) is 21.3 Å². The number of amides is 7. The number of H-pyrrole nitrogens is 1. The zero-order valence-electron chi connectivity index (χ0n) is 49.4. The third-order valence-electron chi connectivity index (χ3n) is 16.4. The number of nitrogens with two attached hydrogens (primary N) is 1. The maximum atomic E-state index is 14.5. The lowest BCUT2D eigenvalue weighted by molar-refractivity contribution is -0.144. The number of aromatic amines is 1. The number of thiazole rings is 1. The van der Waals surface area contributed by atoms with Gasteiger partial charge in [0.1, 0.15) is 29.9 Å². The highest BCUT2D eigenvalue weighted by atomic mass is 32.1. The van der Waals surface area contributed by atoms with Crippen molar-refractivity contribution in [3.05, 3.63) is 141 Å². The van der Waals surface area contributed by atoms with Gasteiger partial charge in [-0.2, -0.15) is 0 Å². The van der Waals surface area contributed by atoms with Gasteiger partial charge in [0.15, 0.2) is 0 Å². The number of hydrogen-bond donors (Lipinski definition) is 9. The van der Waals surface area contributed by atoms with Crippen LogP contribution in [0.5, 0.6) is 0 Å². The normalized spacial score (nSPS) is 18.7. The summed E-state index contributed by atoms with van der Waals surface area (Å²) in [7, 11) is 0. The Kier molecular flexibility index (Phi) is 20.3. The maximum Gasteiger partial charge on any atom is 0.335 e. The summed E-state index contributed by atoms with van der Waals surface area (Å²) in [6.45, 7) is 11.4. The number of aromatic carboxylic acids is 1. The molecular formula is C64H78N10O11S. The maximum absolute atomic E-state index is 14.5. The SMILES string of the molecule is Cc1ncsc1-c1ccc([C@H](C)NC(=O)[C@@H]2C[C@@H](O)CN2C(=O)[C@@H](NC(=O)CCCCc2ccc(CO[C@H](C)[C@H](CCC(N)=O)NC(=O)[C@@H]3Cc4cccc5c4N3C(=O)[C@@H](NC(=O)c3cc4cc(C(=O)O)ccc4[nH]3)CC5)cc2)C(C)(C)C)cc1.N. The van der Waals surface area contributed by atoms with E-state index in [-0.39, 0.29) is 86.9 Å². The molecule has 12 N–H and O–H groups in total. The number of carbonyl (C=O) groups excluding carboxylic acids is 7. The van der Waals surface area contributed by atoms with Crippen LogP contribution in [0, 0.1) is 12.3 Å². The minimum atomic E-state index is -1.10. The molecule has 22 heteroatoms. The van der Waals surface area contributed by atoms with E-state index in [4.69, 9.17) is 10.5 Å². The Hall–Kier alpha value is -8.31. The highest BCUT2D eigenvalue weighted by Gasteiger charge is 2.46. The van der Waals surface area contributed by atoms with Gasteiger partial charge in [-0.15, -0.1) is 11.3 Å². The Bertz CT molecular complexity index is 3490. The predicted molar refractivity (Wildman–Crippen MR) is 326 cm³/mol. The van der Waals surface area contributed by atoms with Crippen LogP contribution < -0.4 is 38.1 Å². The summed E-state index contributed by atoms with van der Waals surface area (Å²) in [4.78, 5) is 119. The second-order valence-electron chi connectivity index (χ2n) is 23.7. The number of benzene rings is 4. The van der Waals surface area contributed by atoms with Crippen LogP contribution in [0.15, 0.2) is 96.5 Å². The number of unbranched alkanes of at least 4 members (excludes halogenated alkanes) is 1. The van der Waals surface area contributed by atoms with Crippen LogP contribution in [0.1, 0.15) is 140 Å². The van der Waals surface area contributed by atoms with Gasteiger partial charge in [-0.3, -0.25) is 38.5 Å². The zero-order chi connectivity index (χ0) is 60.9. The van der Waals surface area contributed by atoms with Gasteiger partial charge in [0, 0.05) is 43.1 Å². The average Bonchev–Trinajstić information content (AvgIpc) is 1.70. The van der Waals surface area contributed by atoms with E-state index in [9.17, 15) is 48.6 Å². The number of carbonyl (C=O) groups is 8. The van der Waals surface area contributed by atoms with Crippen molar-refractivity contribution in [1.82, 2.24) is 42.3 Å². The number of anilines is 1. The Morgan fingerprint density at radius 3 is 2.27 bits per heavy atom. The molecule has 0 unspecified atom stereocenters. The van der Waals surface area contributed by atoms with E-state index in [2.05, 4.69) is 31.2 Å². The zero-order valence-corrected chi connectivity index (χ0v) is 50.3. The Balaban J connectivity index is 0.00000961. The van der Waals surface area contributed by atoms with Crippen molar-refractivity contribution < 1.29 is 53.3 Å². The molecule has 0 spiro atoms. The number of rotatable bonds is 23. The largest absolute Gasteiger partial charge is 0.478 e. The minimum absolute atomic E-state index is 0. The van der Waals surface area contributed by atoms with Crippen LogP contribution in [0.3, 0.4) is 0 Å². The Morgan fingerprint density at radius 2 is 1.58 bits per heavy atom. The molecule has 1 fully saturated rings. The summed E-state index contributed by atoms with van der Waals surface area (Å²) >= 11 is 1.56. The number of ether oxygens (including phenoxy) is 1. The van der Waals surface area contributed by atoms with Crippen molar-refractivity contribution in [3.8, 4) is 10.4 Å². The molecule has 4 aromatic carbocycles.